The van der Waals surface area contributed by atoms with Crippen molar-refractivity contribution in [1.29, 1.82) is 0 Å². The van der Waals surface area contributed by atoms with E-state index in [4.69, 9.17) is 16.1 Å². The Morgan fingerprint density at radius 3 is 2.55 bits per heavy atom. The molecule has 0 aliphatic carbocycles. The monoisotopic (exact) mass is 455 g/mol. The zero-order valence-electron chi connectivity index (χ0n) is 17.4. The summed E-state index contributed by atoms with van der Waals surface area (Å²) in [5.41, 5.74) is 4.23. The van der Waals surface area contributed by atoms with Gasteiger partial charge in [-0.3, -0.25) is 0 Å². The lowest BCUT2D eigenvalue weighted by atomic mass is 9.85. The fourth-order valence-corrected chi connectivity index (χ4v) is 6.92. The van der Waals surface area contributed by atoms with Gasteiger partial charge in [-0.2, -0.15) is 4.31 Å². The minimum absolute atomic E-state index is 0.136. The number of nitrogens with zero attached hydrogens (tertiary/aromatic N) is 2. The number of fused-ring (bicyclic) bond motifs is 3. The summed E-state index contributed by atoms with van der Waals surface area (Å²) in [6, 6.07) is 15.3. The number of aromatic amines is 1. The fourth-order valence-electron chi connectivity index (χ4n) is 4.74. The van der Waals surface area contributed by atoms with Crippen LogP contribution in [0.15, 0.2) is 57.9 Å². The largest absolute Gasteiger partial charge is 0.360 e. The maximum atomic E-state index is 13.8. The Morgan fingerprint density at radius 2 is 1.84 bits per heavy atom. The highest BCUT2D eigenvalue weighted by Crippen LogP contribution is 2.46. The number of H-pyrrole nitrogens is 1. The second-order valence-electron chi connectivity index (χ2n) is 7.98. The highest BCUT2D eigenvalue weighted by molar-refractivity contribution is 7.89. The van der Waals surface area contributed by atoms with E-state index in [-0.39, 0.29) is 23.4 Å². The third-order valence-corrected chi connectivity index (χ3v) is 8.68. The van der Waals surface area contributed by atoms with Gasteiger partial charge in [0.1, 0.15) is 10.6 Å². The summed E-state index contributed by atoms with van der Waals surface area (Å²) in [6.07, 6.45) is 0. The normalized spacial score (nSPS) is 19.6. The zero-order valence-corrected chi connectivity index (χ0v) is 19.0. The second-order valence-corrected chi connectivity index (χ2v) is 10.2. The number of nitrogens with one attached hydrogen (secondary N) is 1. The third-order valence-electron chi connectivity index (χ3n) is 6.15. The lowest BCUT2D eigenvalue weighted by Gasteiger charge is -2.37. The molecule has 1 N–H and O–H groups in total. The van der Waals surface area contributed by atoms with E-state index in [9.17, 15) is 8.42 Å². The van der Waals surface area contributed by atoms with Gasteiger partial charge < -0.3 is 9.51 Å². The molecule has 1 aliphatic heterocycles. The van der Waals surface area contributed by atoms with Gasteiger partial charge in [-0.1, -0.05) is 53.2 Å². The SMILES string of the molecule is Cc1noc(C)c1S(=O)(=O)N1CC(c2ccccc2Cl)c2c([nH]c3ccccc23)C1C. The van der Waals surface area contributed by atoms with Crippen LogP contribution in [0, 0.1) is 13.8 Å². The van der Waals surface area contributed by atoms with Crippen LogP contribution in [0.5, 0.6) is 0 Å². The molecule has 0 bridgehead atoms. The molecule has 2 atom stereocenters. The van der Waals surface area contributed by atoms with Gasteiger partial charge in [0.25, 0.3) is 0 Å². The van der Waals surface area contributed by atoms with Crippen LogP contribution >= 0.6 is 11.6 Å². The molecular weight excluding hydrogens is 434 g/mol. The Kier molecular flexibility index (Phi) is 4.73. The smallest absolute Gasteiger partial charge is 0.249 e. The van der Waals surface area contributed by atoms with E-state index >= 15 is 0 Å². The molecule has 31 heavy (non-hydrogen) atoms. The van der Waals surface area contributed by atoms with E-state index in [1.54, 1.807) is 13.8 Å². The molecule has 160 valence electrons. The highest BCUT2D eigenvalue weighted by Gasteiger charge is 2.43. The fraction of sp³-hybridized carbons (Fsp3) is 0.261. The van der Waals surface area contributed by atoms with Crippen molar-refractivity contribution in [3.8, 4) is 0 Å². The molecule has 6 nitrogen and oxygen atoms in total. The molecule has 0 amide bonds. The molecule has 0 saturated carbocycles. The zero-order chi connectivity index (χ0) is 21.9. The lowest BCUT2D eigenvalue weighted by Crippen LogP contribution is -2.41. The minimum Gasteiger partial charge on any atom is -0.360 e. The standard InChI is InChI=1S/C23H22ClN3O3S/c1-13-23(15(3)30-26-13)31(28,29)27-12-18(16-8-4-6-10-19(16)24)21-17-9-5-7-11-20(17)25-22(21)14(27)2/h4-11,14,18,25H,12H2,1-3H3. The van der Waals surface area contributed by atoms with Crippen LogP contribution in [0.1, 0.15) is 47.2 Å². The Balaban J connectivity index is 1.75. The molecule has 0 fully saturated rings. The lowest BCUT2D eigenvalue weighted by molar-refractivity contribution is 0.306. The van der Waals surface area contributed by atoms with Gasteiger partial charge in [0, 0.05) is 34.1 Å². The molecule has 2 aromatic carbocycles. The van der Waals surface area contributed by atoms with Gasteiger partial charge in [-0.25, -0.2) is 8.42 Å². The van der Waals surface area contributed by atoms with Crippen LogP contribution in [0.2, 0.25) is 5.02 Å². The predicted octanol–water partition coefficient (Wildman–Crippen LogP) is 5.32. The first-order valence-corrected chi connectivity index (χ1v) is 11.9. The van der Waals surface area contributed by atoms with E-state index in [0.29, 0.717) is 16.5 Å². The molecule has 0 saturated heterocycles. The Labute approximate surface area is 185 Å². The van der Waals surface area contributed by atoms with Crippen LogP contribution in [0.25, 0.3) is 10.9 Å². The summed E-state index contributed by atoms with van der Waals surface area (Å²) in [5, 5.41) is 5.57. The third kappa shape index (κ3) is 3.03. The first-order valence-electron chi connectivity index (χ1n) is 10.1. The Morgan fingerprint density at radius 1 is 1.13 bits per heavy atom. The summed E-state index contributed by atoms with van der Waals surface area (Å²) in [4.78, 5) is 3.61. The summed E-state index contributed by atoms with van der Waals surface area (Å²) in [7, 11) is -3.85. The van der Waals surface area contributed by atoms with E-state index in [0.717, 1.165) is 27.7 Å². The van der Waals surface area contributed by atoms with Crippen LogP contribution in [-0.4, -0.2) is 29.4 Å². The van der Waals surface area contributed by atoms with Gasteiger partial charge in [0.05, 0.1) is 6.04 Å². The van der Waals surface area contributed by atoms with Gasteiger partial charge in [-0.05, 0) is 44.0 Å². The molecule has 8 heteroatoms. The van der Waals surface area contributed by atoms with Crippen molar-refractivity contribution in [2.75, 3.05) is 6.54 Å². The molecule has 3 heterocycles. The molecule has 5 rings (SSSR count). The minimum atomic E-state index is -3.85. The second kappa shape index (κ2) is 7.22. The van der Waals surface area contributed by atoms with E-state index in [2.05, 4.69) is 16.2 Å². The van der Waals surface area contributed by atoms with Gasteiger partial charge in [0.15, 0.2) is 5.76 Å². The number of sulfonamides is 1. The van der Waals surface area contributed by atoms with Crippen molar-refractivity contribution in [2.45, 2.75) is 37.6 Å². The van der Waals surface area contributed by atoms with Crippen molar-refractivity contribution in [3.63, 3.8) is 0 Å². The van der Waals surface area contributed by atoms with E-state index < -0.39 is 10.0 Å². The molecule has 4 aromatic rings. The van der Waals surface area contributed by atoms with Gasteiger partial charge in [0.2, 0.25) is 10.0 Å². The summed E-state index contributed by atoms with van der Waals surface area (Å²) in [6.45, 7) is 5.46. The molecule has 1 aliphatic rings. The quantitative estimate of drug-likeness (QED) is 0.453. The van der Waals surface area contributed by atoms with E-state index in [1.807, 2.05) is 49.4 Å². The number of hydrogen-bond donors (Lipinski definition) is 1. The Bertz CT molecular complexity index is 1390. The number of para-hydroxylation sites is 1. The van der Waals surface area contributed by atoms with Crippen LogP contribution < -0.4 is 0 Å². The summed E-state index contributed by atoms with van der Waals surface area (Å²) >= 11 is 6.59. The number of hydrogen-bond acceptors (Lipinski definition) is 4. The molecule has 0 radical (unpaired) electrons. The molecule has 2 unspecified atom stereocenters. The number of aryl methyl sites for hydroxylation is 2. The molecule has 0 spiro atoms. The topological polar surface area (TPSA) is 79.2 Å². The van der Waals surface area contributed by atoms with Crippen LogP contribution in [0.4, 0.5) is 0 Å². The van der Waals surface area contributed by atoms with Crippen molar-refractivity contribution in [2.24, 2.45) is 0 Å². The number of rotatable bonds is 3. The highest BCUT2D eigenvalue weighted by atomic mass is 35.5. The first-order chi connectivity index (χ1) is 14.8. The van der Waals surface area contributed by atoms with Crippen molar-refractivity contribution in [1.82, 2.24) is 14.4 Å². The molecule has 2 aromatic heterocycles. The predicted molar refractivity (Wildman–Crippen MR) is 120 cm³/mol. The first kappa shape index (κ1) is 20.3. The summed E-state index contributed by atoms with van der Waals surface area (Å²) in [5.74, 6) is 0.0766. The average Bonchev–Trinajstić information content (AvgIpc) is 3.29. The maximum Gasteiger partial charge on any atom is 0.249 e. The molecular formula is C23H22ClN3O3S. The number of aromatic nitrogens is 2. The van der Waals surface area contributed by atoms with Crippen LogP contribution in [0.3, 0.4) is 0 Å². The van der Waals surface area contributed by atoms with Crippen molar-refractivity contribution >= 4 is 32.5 Å². The van der Waals surface area contributed by atoms with Gasteiger partial charge in [-0.15, -0.1) is 0 Å². The maximum absolute atomic E-state index is 13.8. The number of halogens is 1. The average molecular weight is 456 g/mol. The Hall–Kier alpha value is -2.61. The van der Waals surface area contributed by atoms with Gasteiger partial charge >= 0.3 is 0 Å². The van der Waals surface area contributed by atoms with Crippen LogP contribution in [-0.2, 0) is 10.0 Å². The van der Waals surface area contributed by atoms with Crippen molar-refractivity contribution in [3.05, 3.63) is 81.8 Å². The van der Waals surface area contributed by atoms with Crippen molar-refractivity contribution < 1.29 is 12.9 Å². The summed E-state index contributed by atoms with van der Waals surface area (Å²) < 4.78 is 34.2. The number of benzene rings is 2. The van der Waals surface area contributed by atoms with E-state index in [1.165, 1.54) is 4.31 Å².